The molecule has 7 nitrogen and oxygen atoms in total. The van der Waals surface area contributed by atoms with Gasteiger partial charge in [-0.1, -0.05) is 29.2 Å². The smallest absolute Gasteiger partial charge is 0.259 e. The molecule has 3 aromatic heterocycles. The van der Waals surface area contributed by atoms with Gasteiger partial charge >= 0.3 is 0 Å². The third-order valence-corrected chi connectivity index (χ3v) is 8.98. The largest absolute Gasteiger partial charge is 0.309 e. The summed E-state index contributed by atoms with van der Waals surface area (Å²) in [5, 5.41) is 11.8. The van der Waals surface area contributed by atoms with E-state index in [4.69, 9.17) is 0 Å². The molecule has 11 heteroatoms. The Hall–Kier alpha value is -1.69. The first-order chi connectivity index (χ1) is 14.5. The maximum Gasteiger partial charge on any atom is 0.259 e. The SMILES string of the molecule is C=CCSc1nnc(NC(=O)C(C)SCc2nc3sc4c(c3c(=O)[nH]2)CCCC4)s1. The summed E-state index contributed by atoms with van der Waals surface area (Å²) in [7, 11) is 0. The van der Waals surface area contributed by atoms with E-state index in [9.17, 15) is 9.59 Å². The van der Waals surface area contributed by atoms with Gasteiger partial charge in [0.2, 0.25) is 11.0 Å². The van der Waals surface area contributed by atoms with Gasteiger partial charge in [-0.2, -0.15) is 0 Å². The van der Waals surface area contributed by atoms with Crippen molar-refractivity contribution < 1.29 is 4.79 Å². The number of aromatic nitrogens is 4. The van der Waals surface area contributed by atoms with Crippen LogP contribution in [0.3, 0.4) is 0 Å². The van der Waals surface area contributed by atoms with Crippen LogP contribution in [0.15, 0.2) is 21.8 Å². The highest BCUT2D eigenvalue weighted by molar-refractivity contribution is 8.01. The standard InChI is InChI=1S/C19H21N5O2S4/c1-3-8-27-19-24-23-18(30-19)22-15(25)10(2)28-9-13-20-16(26)14-11-6-4-5-7-12(11)29-17(14)21-13/h3,10H,1,4-9H2,2H3,(H,20,21,26)(H,22,23,25). The highest BCUT2D eigenvalue weighted by Gasteiger charge is 2.21. The molecule has 158 valence electrons. The summed E-state index contributed by atoms with van der Waals surface area (Å²) in [6, 6.07) is 0. The Morgan fingerprint density at radius 3 is 3.00 bits per heavy atom. The van der Waals surface area contributed by atoms with Crippen molar-refractivity contribution in [2.45, 2.75) is 47.9 Å². The zero-order valence-electron chi connectivity index (χ0n) is 16.4. The molecule has 3 aromatic rings. The van der Waals surface area contributed by atoms with Crippen molar-refractivity contribution in [3.8, 4) is 0 Å². The van der Waals surface area contributed by atoms with E-state index in [0.29, 0.717) is 16.7 Å². The number of hydrogen-bond donors (Lipinski definition) is 2. The van der Waals surface area contributed by atoms with Crippen LogP contribution in [0, 0.1) is 0 Å². The minimum atomic E-state index is -0.323. The average molecular weight is 480 g/mol. The van der Waals surface area contributed by atoms with E-state index in [-0.39, 0.29) is 16.7 Å². The molecule has 0 radical (unpaired) electrons. The van der Waals surface area contributed by atoms with Gasteiger partial charge in [-0.15, -0.1) is 39.9 Å². The van der Waals surface area contributed by atoms with Crippen LogP contribution in [0.4, 0.5) is 5.13 Å². The molecule has 0 fully saturated rings. The number of thioether (sulfide) groups is 2. The maximum absolute atomic E-state index is 12.6. The van der Waals surface area contributed by atoms with Crippen molar-refractivity contribution in [3.63, 3.8) is 0 Å². The number of thiophene rings is 1. The molecule has 1 aliphatic carbocycles. The molecular weight excluding hydrogens is 459 g/mol. The average Bonchev–Trinajstić information content (AvgIpc) is 3.34. The number of nitrogens with one attached hydrogen (secondary N) is 2. The number of carbonyl (C=O) groups is 1. The summed E-state index contributed by atoms with van der Waals surface area (Å²) in [5.41, 5.74) is 1.12. The second-order valence-electron chi connectivity index (χ2n) is 6.82. The van der Waals surface area contributed by atoms with Gasteiger partial charge < -0.3 is 4.98 Å². The first-order valence-electron chi connectivity index (χ1n) is 9.58. The number of aromatic amines is 1. The summed E-state index contributed by atoms with van der Waals surface area (Å²) in [6.45, 7) is 5.50. The molecule has 0 bridgehead atoms. The Labute approximate surface area is 190 Å². The van der Waals surface area contributed by atoms with Gasteiger partial charge in [0.1, 0.15) is 10.7 Å². The van der Waals surface area contributed by atoms with E-state index in [0.717, 1.165) is 39.6 Å². The lowest BCUT2D eigenvalue weighted by Gasteiger charge is -2.10. The molecule has 0 spiro atoms. The molecular formula is C19H21N5O2S4. The summed E-state index contributed by atoms with van der Waals surface area (Å²) >= 11 is 5.93. The fourth-order valence-corrected chi connectivity index (χ4v) is 6.76. The lowest BCUT2D eigenvalue weighted by molar-refractivity contribution is -0.115. The molecule has 30 heavy (non-hydrogen) atoms. The minimum absolute atomic E-state index is 0.0643. The second-order valence-corrected chi connectivity index (χ2v) is 11.5. The maximum atomic E-state index is 12.6. The van der Waals surface area contributed by atoms with Crippen LogP contribution in [-0.2, 0) is 23.4 Å². The molecule has 2 N–H and O–H groups in total. The Bertz CT molecular complexity index is 1140. The summed E-state index contributed by atoms with van der Waals surface area (Å²) < 4.78 is 0.791. The van der Waals surface area contributed by atoms with Crippen LogP contribution < -0.4 is 10.9 Å². The number of carbonyl (C=O) groups excluding carboxylic acids is 1. The number of anilines is 1. The predicted octanol–water partition coefficient (Wildman–Crippen LogP) is 4.25. The highest BCUT2D eigenvalue weighted by Crippen LogP contribution is 2.33. The fourth-order valence-electron chi connectivity index (χ4n) is 3.21. The Balaban J connectivity index is 1.38. The Morgan fingerprint density at radius 1 is 1.33 bits per heavy atom. The molecule has 0 aliphatic heterocycles. The van der Waals surface area contributed by atoms with Gasteiger partial charge in [-0.3, -0.25) is 14.9 Å². The van der Waals surface area contributed by atoms with E-state index in [1.54, 1.807) is 17.4 Å². The molecule has 4 rings (SSSR count). The van der Waals surface area contributed by atoms with Crippen molar-refractivity contribution in [1.82, 2.24) is 20.2 Å². The monoisotopic (exact) mass is 479 g/mol. The number of nitrogens with zero attached hydrogens (tertiary/aromatic N) is 3. The van der Waals surface area contributed by atoms with Gasteiger partial charge in [0.15, 0.2) is 4.34 Å². The first kappa shape index (κ1) is 21.5. The van der Waals surface area contributed by atoms with Crippen molar-refractivity contribution in [2.75, 3.05) is 11.1 Å². The van der Waals surface area contributed by atoms with E-state index in [2.05, 4.69) is 32.1 Å². The highest BCUT2D eigenvalue weighted by atomic mass is 32.2. The minimum Gasteiger partial charge on any atom is -0.309 e. The molecule has 0 aromatic carbocycles. The Kier molecular flexibility index (Phi) is 6.91. The van der Waals surface area contributed by atoms with Gasteiger partial charge in [-0.05, 0) is 38.2 Å². The fraction of sp³-hybridized carbons (Fsp3) is 0.421. The number of amides is 1. The summed E-state index contributed by atoms with van der Waals surface area (Å²) in [4.78, 5) is 34.8. The van der Waals surface area contributed by atoms with E-state index in [1.165, 1.54) is 51.7 Å². The molecule has 1 atom stereocenters. The number of aryl methyl sites for hydroxylation is 2. The number of H-pyrrole nitrogens is 1. The Morgan fingerprint density at radius 2 is 2.17 bits per heavy atom. The zero-order valence-corrected chi connectivity index (χ0v) is 19.7. The molecule has 0 saturated heterocycles. The normalized spacial score (nSPS) is 14.4. The lowest BCUT2D eigenvalue weighted by Crippen LogP contribution is -2.23. The van der Waals surface area contributed by atoms with Crippen molar-refractivity contribution in [2.24, 2.45) is 0 Å². The van der Waals surface area contributed by atoms with Crippen LogP contribution in [0.25, 0.3) is 10.2 Å². The van der Waals surface area contributed by atoms with E-state index in [1.807, 2.05) is 6.92 Å². The molecule has 3 heterocycles. The number of hydrogen-bond acceptors (Lipinski definition) is 9. The van der Waals surface area contributed by atoms with Crippen molar-refractivity contribution >= 4 is 67.5 Å². The molecule has 1 aliphatic rings. The predicted molar refractivity (Wildman–Crippen MR) is 127 cm³/mol. The topological polar surface area (TPSA) is 101 Å². The van der Waals surface area contributed by atoms with Gasteiger partial charge in [0.25, 0.3) is 5.56 Å². The van der Waals surface area contributed by atoms with Crippen LogP contribution in [0.5, 0.6) is 0 Å². The third-order valence-electron chi connectivity index (χ3n) is 4.67. The quantitative estimate of drug-likeness (QED) is 0.283. The van der Waals surface area contributed by atoms with Crippen LogP contribution in [0.2, 0.25) is 0 Å². The zero-order chi connectivity index (χ0) is 21.1. The number of fused-ring (bicyclic) bond motifs is 3. The van der Waals surface area contributed by atoms with E-state index >= 15 is 0 Å². The van der Waals surface area contributed by atoms with Gasteiger partial charge in [0, 0.05) is 10.6 Å². The third kappa shape index (κ3) is 4.79. The lowest BCUT2D eigenvalue weighted by atomic mass is 9.97. The van der Waals surface area contributed by atoms with E-state index < -0.39 is 0 Å². The van der Waals surface area contributed by atoms with Gasteiger partial charge in [0.05, 0.1) is 16.4 Å². The van der Waals surface area contributed by atoms with Gasteiger partial charge in [-0.25, -0.2) is 4.98 Å². The number of rotatable bonds is 8. The van der Waals surface area contributed by atoms with Crippen LogP contribution in [0.1, 0.15) is 36.0 Å². The van der Waals surface area contributed by atoms with Crippen molar-refractivity contribution in [3.05, 3.63) is 39.3 Å². The molecule has 0 saturated carbocycles. The summed E-state index contributed by atoms with van der Waals surface area (Å²) in [6.07, 6.45) is 6.10. The first-order valence-corrected chi connectivity index (χ1v) is 13.2. The molecule has 1 unspecified atom stereocenters. The van der Waals surface area contributed by atoms with Crippen molar-refractivity contribution in [1.29, 1.82) is 0 Å². The summed E-state index contributed by atoms with van der Waals surface area (Å²) in [5.74, 6) is 1.66. The second kappa shape index (κ2) is 9.63. The van der Waals surface area contributed by atoms with Crippen LogP contribution >= 0.6 is 46.2 Å². The molecule has 1 amide bonds. The van der Waals surface area contributed by atoms with Crippen LogP contribution in [-0.4, -0.2) is 37.1 Å².